The first-order valence-corrected chi connectivity index (χ1v) is 12.5. The van der Waals surface area contributed by atoms with Crippen molar-refractivity contribution >= 4 is 11.6 Å². The van der Waals surface area contributed by atoms with Crippen molar-refractivity contribution in [2.24, 2.45) is 5.73 Å². The van der Waals surface area contributed by atoms with Gasteiger partial charge in [-0.15, -0.1) is 10.2 Å². The molecular formula is C26H35N7O. The standard InChI is InChI=1S/C26H35N7O/c1-30-15-16-31(2)26(18-30)11-13-32(14-12-26)25-29-28-24-10-7-19(17-33(24)25)34-23-9-8-22(27)20-5-3-4-6-21(20)23/h3-7,10,17,22-23H,8-9,11-16,18,27H2,1-2H3/t22-,23+/m0/s1. The van der Waals surface area contributed by atoms with Crippen LogP contribution in [0.4, 0.5) is 5.95 Å². The summed E-state index contributed by atoms with van der Waals surface area (Å²) < 4.78 is 8.59. The van der Waals surface area contributed by atoms with E-state index in [0.29, 0.717) is 0 Å². The molecule has 6 rings (SSSR count). The monoisotopic (exact) mass is 461 g/mol. The first kappa shape index (κ1) is 21.8. The van der Waals surface area contributed by atoms with E-state index in [0.717, 1.165) is 75.8 Å². The molecule has 3 aromatic rings. The number of fused-ring (bicyclic) bond motifs is 2. The third-order valence-electron chi connectivity index (χ3n) is 8.29. The molecule has 0 amide bonds. The Balaban J connectivity index is 1.22. The number of hydrogen-bond acceptors (Lipinski definition) is 7. The number of hydrogen-bond donors (Lipinski definition) is 1. The average molecular weight is 462 g/mol. The zero-order valence-electron chi connectivity index (χ0n) is 20.2. The third-order valence-corrected chi connectivity index (χ3v) is 8.29. The number of nitrogens with two attached hydrogens (primary N) is 1. The number of pyridine rings is 1. The fourth-order valence-electron chi connectivity index (χ4n) is 6.14. The van der Waals surface area contributed by atoms with E-state index < -0.39 is 0 Å². The van der Waals surface area contributed by atoms with Crippen LogP contribution in [0.1, 0.15) is 49.0 Å². The van der Waals surface area contributed by atoms with Crippen LogP contribution in [0.2, 0.25) is 0 Å². The van der Waals surface area contributed by atoms with Gasteiger partial charge in [0, 0.05) is 44.3 Å². The Kier molecular flexibility index (Phi) is 5.47. The van der Waals surface area contributed by atoms with Gasteiger partial charge in [0.25, 0.3) is 0 Å². The van der Waals surface area contributed by atoms with Crippen molar-refractivity contribution < 1.29 is 4.74 Å². The van der Waals surface area contributed by atoms with Gasteiger partial charge in [0.1, 0.15) is 11.9 Å². The van der Waals surface area contributed by atoms with Crippen molar-refractivity contribution in [2.75, 3.05) is 51.7 Å². The number of rotatable bonds is 3. The van der Waals surface area contributed by atoms with Crippen LogP contribution >= 0.6 is 0 Å². The summed E-state index contributed by atoms with van der Waals surface area (Å²) in [5.41, 5.74) is 9.87. The molecule has 2 N–H and O–H groups in total. The molecule has 3 aliphatic rings. The van der Waals surface area contributed by atoms with Gasteiger partial charge in [-0.05, 0) is 63.0 Å². The fraction of sp³-hybridized carbons (Fsp3) is 0.538. The normalized spacial score (nSPS) is 25.6. The number of benzene rings is 1. The number of anilines is 1. The molecule has 2 saturated heterocycles. The second-order valence-corrected chi connectivity index (χ2v) is 10.4. The Labute approximate surface area is 201 Å². The zero-order chi connectivity index (χ0) is 23.3. The molecule has 0 unspecified atom stereocenters. The van der Waals surface area contributed by atoms with Crippen LogP contribution in [0, 0.1) is 0 Å². The van der Waals surface area contributed by atoms with E-state index in [4.69, 9.17) is 10.5 Å². The van der Waals surface area contributed by atoms with Gasteiger partial charge in [-0.3, -0.25) is 9.30 Å². The van der Waals surface area contributed by atoms with Crippen LogP contribution < -0.4 is 15.4 Å². The van der Waals surface area contributed by atoms with Crippen molar-refractivity contribution in [1.82, 2.24) is 24.4 Å². The van der Waals surface area contributed by atoms with E-state index in [2.05, 4.69) is 67.7 Å². The van der Waals surface area contributed by atoms with E-state index in [9.17, 15) is 0 Å². The lowest BCUT2D eigenvalue weighted by Gasteiger charge is -2.52. The topological polar surface area (TPSA) is 75.2 Å². The van der Waals surface area contributed by atoms with Gasteiger partial charge in [-0.1, -0.05) is 24.3 Å². The van der Waals surface area contributed by atoms with Crippen LogP contribution in [0.3, 0.4) is 0 Å². The molecule has 2 aliphatic heterocycles. The summed E-state index contributed by atoms with van der Waals surface area (Å²) in [4.78, 5) is 7.43. The Morgan fingerprint density at radius 1 is 0.941 bits per heavy atom. The van der Waals surface area contributed by atoms with Gasteiger partial charge in [-0.25, -0.2) is 0 Å². The van der Waals surface area contributed by atoms with Crippen LogP contribution in [-0.4, -0.2) is 76.8 Å². The summed E-state index contributed by atoms with van der Waals surface area (Å²) in [7, 11) is 4.53. The Morgan fingerprint density at radius 3 is 2.56 bits per heavy atom. The fourth-order valence-corrected chi connectivity index (χ4v) is 6.14. The van der Waals surface area contributed by atoms with Gasteiger partial charge in [0.05, 0.1) is 6.20 Å². The molecule has 2 fully saturated rings. The van der Waals surface area contributed by atoms with Gasteiger partial charge in [0.15, 0.2) is 5.65 Å². The SMILES string of the molecule is CN1CCN(C)C2(CCN(c3nnc4ccc(O[C@@H]5CC[C@H](N)c6ccccc65)cn34)CC2)C1. The van der Waals surface area contributed by atoms with Crippen LogP contribution in [0.15, 0.2) is 42.6 Å². The molecule has 34 heavy (non-hydrogen) atoms. The predicted octanol–water partition coefficient (Wildman–Crippen LogP) is 2.86. The molecule has 2 aromatic heterocycles. The Morgan fingerprint density at radius 2 is 1.74 bits per heavy atom. The Bertz CT molecular complexity index is 1170. The highest BCUT2D eigenvalue weighted by Gasteiger charge is 2.41. The highest BCUT2D eigenvalue weighted by Crippen LogP contribution is 2.38. The van der Waals surface area contributed by atoms with E-state index in [1.807, 2.05) is 18.3 Å². The first-order chi connectivity index (χ1) is 16.5. The molecule has 8 heteroatoms. The summed E-state index contributed by atoms with van der Waals surface area (Å²) in [6, 6.07) is 12.5. The number of piperazine rings is 1. The molecule has 1 aromatic carbocycles. The molecule has 0 saturated carbocycles. The van der Waals surface area contributed by atoms with Crippen LogP contribution in [-0.2, 0) is 0 Å². The third kappa shape index (κ3) is 3.74. The predicted molar refractivity (Wildman–Crippen MR) is 133 cm³/mol. The van der Waals surface area contributed by atoms with Crippen molar-refractivity contribution in [3.8, 4) is 5.75 Å². The molecule has 8 nitrogen and oxygen atoms in total. The summed E-state index contributed by atoms with van der Waals surface area (Å²) >= 11 is 0. The molecule has 0 bridgehead atoms. The lowest BCUT2D eigenvalue weighted by atomic mass is 9.84. The second kappa shape index (κ2) is 8.52. The number of ether oxygens (including phenoxy) is 1. The number of piperidine rings is 1. The highest BCUT2D eigenvalue weighted by atomic mass is 16.5. The maximum absolute atomic E-state index is 6.50. The van der Waals surface area contributed by atoms with Gasteiger partial charge < -0.3 is 20.3 Å². The van der Waals surface area contributed by atoms with Crippen molar-refractivity contribution in [1.29, 1.82) is 0 Å². The van der Waals surface area contributed by atoms with Gasteiger partial charge in [-0.2, -0.15) is 0 Å². The van der Waals surface area contributed by atoms with E-state index >= 15 is 0 Å². The molecule has 0 radical (unpaired) electrons. The highest BCUT2D eigenvalue weighted by molar-refractivity contribution is 5.49. The van der Waals surface area contributed by atoms with Gasteiger partial charge in [0.2, 0.25) is 5.95 Å². The Hall–Kier alpha value is -2.68. The summed E-state index contributed by atoms with van der Waals surface area (Å²) in [6.45, 7) is 5.40. The molecule has 180 valence electrons. The first-order valence-electron chi connectivity index (χ1n) is 12.5. The minimum absolute atomic E-state index is 0.0158. The van der Waals surface area contributed by atoms with E-state index in [-0.39, 0.29) is 17.7 Å². The molecule has 1 aliphatic carbocycles. The number of aromatic nitrogens is 3. The quantitative estimate of drug-likeness (QED) is 0.643. The van der Waals surface area contributed by atoms with Crippen molar-refractivity contribution in [3.05, 3.63) is 53.7 Å². The van der Waals surface area contributed by atoms with Crippen molar-refractivity contribution in [3.63, 3.8) is 0 Å². The lowest BCUT2D eigenvalue weighted by Crippen LogP contribution is -2.63. The summed E-state index contributed by atoms with van der Waals surface area (Å²) in [6.07, 6.45) is 6.19. The van der Waals surface area contributed by atoms with E-state index in [1.54, 1.807) is 0 Å². The minimum atomic E-state index is 0.0158. The second-order valence-electron chi connectivity index (χ2n) is 10.4. The van der Waals surface area contributed by atoms with Crippen LogP contribution in [0.5, 0.6) is 5.75 Å². The lowest BCUT2D eigenvalue weighted by molar-refractivity contribution is 0.00926. The molecule has 2 atom stereocenters. The number of nitrogens with zero attached hydrogens (tertiary/aromatic N) is 6. The van der Waals surface area contributed by atoms with Gasteiger partial charge >= 0.3 is 0 Å². The molecule has 1 spiro atoms. The zero-order valence-corrected chi connectivity index (χ0v) is 20.2. The van der Waals surface area contributed by atoms with E-state index in [1.165, 1.54) is 11.1 Å². The largest absolute Gasteiger partial charge is 0.484 e. The average Bonchev–Trinajstić information content (AvgIpc) is 3.27. The van der Waals surface area contributed by atoms with Crippen LogP contribution in [0.25, 0.3) is 5.65 Å². The maximum atomic E-state index is 6.50. The van der Waals surface area contributed by atoms with Crippen molar-refractivity contribution in [2.45, 2.75) is 43.4 Å². The smallest absolute Gasteiger partial charge is 0.231 e. The summed E-state index contributed by atoms with van der Waals surface area (Å²) in [5.74, 6) is 1.75. The maximum Gasteiger partial charge on any atom is 0.231 e. The summed E-state index contributed by atoms with van der Waals surface area (Å²) in [5, 5.41) is 9.00. The minimum Gasteiger partial charge on any atom is -0.484 e. The molecular weight excluding hydrogens is 426 g/mol. The number of likely N-dealkylation sites (N-methyl/N-ethyl adjacent to an activating group) is 2. The molecule has 4 heterocycles.